The first kappa shape index (κ1) is 19.7. The quantitative estimate of drug-likeness (QED) is 0.414. The summed E-state index contributed by atoms with van der Waals surface area (Å²) in [4.78, 5) is 4.50. The van der Waals surface area contributed by atoms with E-state index in [4.69, 9.17) is 11.6 Å². The van der Waals surface area contributed by atoms with E-state index in [1.807, 2.05) is 24.7 Å². The molecule has 31 heavy (non-hydrogen) atoms. The molecule has 0 aliphatic heterocycles. The lowest BCUT2D eigenvalue weighted by atomic mass is 10.1. The van der Waals surface area contributed by atoms with E-state index in [1.54, 1.807) is 54.6 Å². The summed E-state index contributed by atoms with van der Waals surface area (Å²) in [6, 6.07) is 15.1. The van der Waals surface area contributed by atoms with Crippen molar-refractivity contribution >= 4 is 43.6 Å². The molecule has 0 fully saturated rings. The van der Waals surface area contributed by atoms with Gasteiger partial charge in [-0.15, -0.1) is 0 Å². The topological polar surface area (TPSA) is 77.1 Å². The minimum atomic E-state index is -3.98. The van der Waals surface area contributed by atoms with Gasteiger partial charge in [0.2, 0.25) is 0 Å². The Balaban J connectivity index is 1.90. The third kappa shape index (κ3) is 3.00. The number of nitrogens with zero attached hydrogens (tertiary/aromatic N) is 3. The van der Waals surface area contributed by atoms with Gasteiger partial charge >= 0.3 is 0 Å². The lowest BCUT2D eigenvalue weighted by Crippen LogP contribution is -2.14. The van der Waals surface area contributed by atoms with Crippen molar-refractivity contribution in [1.29, 1.82) is 0 Å². The SMILES string of the molecule is Cc1ccc(S(=O)(=O)n2c(-c3cn(C)c4ccc(O)cc34)cc3c(Cl)ccnc32)cc1. The summed E-state index contributed by atoms with van der Waals surface area (Å²) in [5, 5.41) is 11.7. The first-order chi connectivity index (χ1) is 14.8. The molecule has 0 bridgehead atoms. The second kappa shape index (κ2) is 6.87. The molecule has 0 saturated carbocycles. The van der Waals surface area contributed by atoms with Crippen LogP contribution in [0.15, 0.2) is 71.9 Å². The number of phenols is 1. The van der Waals surface area contributed by atoms with Gasteiger partial charge in [-0.1, -0.05) is 29.3 Å². The normalized spacial score (nSPS) is 12.1. The molecule has 0 amide bonds. The molecular formula is C23H18ClN3O3S. The van der Waals surface area contributed by atoms with E-state index in [-0.39, 0.29) is 16.3 Å². The van der Waals surface area contributed by atoms with E-state index in [0.29, 0.717) is 21.7 Å². The molecule has 0 aliphatic rings. The van der Waals surface area contributed by atoms with E-state index in [2.05, 4.69) is 4.98 Å². The number of fused-ring (bicyclic) bond motifs is 2. The average Bonchev–Trinajstić information content (AvgIpc) is 3.27. The summed E-state index contributed by atoms with van der Waals surface area (Å²) >= 11 is 6.40. The van der Waals surface area contributed by atoms with Gasteiger partial charge in [0, 0.05) is 41.3 Å². The fourth-order valence-electron chi connectivity index (χ4n) is 3.87. The van der Waals surface area contributed by atoms with Crippen molar-refractivity contribution in [2.45, 2.75) is 11.8 Å². The Morgan fingerprint density at radius 1 is 1.00 bits per heavy atom. The Labute approximate surface area is 184 Å². The number of aromatic nitrogens is 3. The van der Waals surface area contributed by atoms with Gasteiger partial charge in [-0.25, -0.2) is 17.4 Å². The third-order valence-electron chi connectivity index (χ3n) is 5.42. The predicted octanol–water partition coefficient (Wildman–Crippen LogP) is 5.10. The molecule has 0 atom stereocenters. The first-order valence-electron chi connectivity index (χ1n) is 9.54. The maximum Gasteiger partial charge on any atom is 0.269 e. The van der Waals surface area contributed by atoms with Crippen molar-refractivity contribution in [3.8, 4) is 17.0 Å². The zero-order valence-electron chi connectivity index (χ0n) is 16.7. The first-order valence-corrected chi connectivity index (χ1v) is 11.4. The number of rotatable bonds is 3. The van der Waals surface area contributed by atoms with Crippen LogP contribution in [0.25, 0.3) is 33.2 Å². The molecule has 3 aromatic heterocycles. The minimum absolute atomic E-state index is 0.0974. The van der Waals surface area contributed by atoms with Gasteiger partial charge in [-0.3, -0.25) is 0 Å². The fraction of sp³-hybridized carbons (Fsp3) is 0.0870. The van der Waals surface area contributed by atoms with Crippen molar-refractivity contribution in [3.63, 3.8) is 0 Å². The highest BCUT2D eigenvalue weighted by Crippen LogP contribution is 2.38. The summed E-state index contributed by atoms with van der Waals surface area (Å²) in [6.45, 7) is 1.90. The van der Waals surface area contributed by atoms with Gasteiger partial charge in [-0.05, 0) is 49.4 Å². The Kier molecular flexibility index (Phi) is 4.35. The Morgan fingerprint density at radius 3 is 2.48 bits per heavy atom. The molecule has 5 rings (SSSR count). The number of benzene rings is 2. The standard InChI is InChI=1S/C23H18ClN3O3S/c1-14-3-6-16(7-4-14)31(29,30)27-22(12-18-20(24)9-10-25-23(18)27)19-13-26(2)21-8-5-15(28)11-17(19)21/h3-13,28H,1-2H3. The van der Waals surface area contributed by atoms with Crippen LogP contribution < -0.4 is 0 Å². The summed E-state index contributed by atoms with van der Waals surface area (Å²) in [7, 11) is -2.11. The van der Waals surface area contributed by atoms with Crippen LogP contribution in [-0.4, -0.2) is 27.0 Å². The molecule has 0 radical (unpaired) electrons. The molecule has 2 aromatic carbocycles. The Morgan fingerprint density at radius 2 is 1.74 bits per heavy atom. The van der Waals surface area contributed by atoms with Crippen LogP contribution in [0, 0.1) is 6.92 Å². The van der Waals surface area contributed by atoms with Gasteiger partial charge in [0.15, 0.2) is 5.65 Å². The monoisotopic (exact) mass is 451 g/mol. The predicted molar refractivity (Wildman–Crippen MR) is 122 cm³/mol. The number of pyridine rings is 1. The number of aromatic hydroxyl groups is 1. The van der Waals surface area contributed by atoms with E-state index < -0.39 is 10.0 Å². The van der Waals surface area contributed by atoms with Gasteiger partial charge in [0.1, 0.15) is 5.75 Å². The maximum atomic E-state index is 13.8. The fourth-order valence-corrected chi connectivity index (χ4v) is 5.54. The minimum Gasteiger partial charge on any atom is -0.508 e. The number of halogens is 1. The van der Waals surface area contributed by atoms with Gasteiger partial charge in [0.05, 0.1) is 15.6 Å². The zero-order valence-corrected chi connectivity index (χ0v) is 18.3. The van der Waals surface area contributed by atoms with E-state index >= 15 is 0 Å². The molecule has 1 N–H and O–H groups in total. The molecule has 0 spiro atoms. The van der Waals surface area contributed by atoms with Crippen molar-refractivity contribution in [3.05, 3.63) is 77.6 Å². The van der Waals surface area contributed by atoms with Crippen molar-refractivity contribution < 1.29 is 13.5 Å². The molecule has 5 aromatic rings. The van der Waals surface area contributed by atoms with Gasteiger partial charge in [0.25, 0.3) is 10.0 Å². The van der Waals surface area contributed by atoms with Crippen LogP contribution in [-0.2, 0) is 17.1 Å². The Hall–Kier alpha value is -3.29. The molecule has 0 saturated heterocycles. The highest BCUT2D eigenvalue weighted by atomic mass is 35.5. The van der Waals surface area contributed by atoms with E-state index in [1.165, 1.54) is 10.2 Å². The number of phenolic OH excluding ortho intramolecular Hbond substituents is 1. The molecule has 156 valence electrons. The van der Waals surface area contributed by atoms with Crippen LogP contribution in [0.2, 0.25) is 5.02 Å². The van der Waals surface area contributed by atoms with Crippen molar-refractivity contribution in [1.82, 2.24) is 13.5 Å². The second-order valence-corrected chi connectivity index (χ2v) is 9.69. The van der Waals surface area contributed by atoms with E-state index in [0.717, 1.165) is 16.5 Å². The molecule has 0 unspecified atom stereocenters. The van der Waals surface area contributed by atoms with Crippen molar-refractivity contribution in [2.24, 2.45) is 7.05 Å². The lowest BCUT2D eigenvalue weighted by Gasteiger charge is -2.11. The number of hydrogen-bond donors (Lipinski definition) is 1. The van der Waals surface area contributed by atoms with Gasteiger partial charge in [-0.2, -0.15) is 0 Å². The van der Waals surface area contributed by atoms with Crippen LogP contribution in [0.1, 0.15) is 5.56 Å². The highest BCUT2D eigenvalue weighted by molar-refractivity contribution is 7.90. The third-order valence-corrected chi connectivity index (χ3v) is 7.46. The summed E-state index contributed by atoms with van der Waals surface area (Å²) in [5.41, 5.74) is 3.14. The van der Waals surface area contributed by atoms with E-state index in [9.17, 15) is 13.5 Å². The van der Waals surface area contributed by atoms with Crippen LogP contribution in [0.3, 0.4) is 0 Å². The molecular weight excluding hydrogens is 434 g/mol. The Bertz CT molecular complexity index is 1580. The van der Waals surface area contributed by atoms with Crippen LogP contribution >= 0.6 is 11.6 Å². The van der Waals surface area contributed by atoms with Crippen LogP contribution in [0.5, 0.6) is 5.75 Å². The molecule has 0 aliphatic carbocycles. The maximum absolute atomic E-state index is 13.8. The number of aryl methyl sites for hydroxylation is 2. The second-order valence-electron chi connectivity index (χ2n) is 7.50. The largest absolute Gasteiger partial charge is 0.508 e. The smallest absolute Gasteiger partial charge is 0.269 e. The molecule has 3 heterocycles. The van der Waals surface area contributed by atoms with Crippen molar-refractivity contribution in [2.75, 3.05) is 0 Å². The van der Waals surface area contributed by atoms with Gasteiger partial charge < -0.3 is 9.67 Å². The number of hydrogen-bond acceptors (Lipinski definition) is 4. The molecule has 8 heteroatoms. The summed E-state index contributed by atoms with van der Waals surface area (Å²) in [6.07, 6.45) is 3.33. The highest BCUT2D eigenvalue weighted by Gasteiger charge is 2.27. The summed E-state index contributed by atoms with van der Waals surface area (Å²) < 4.78 is 30.6. The summed E-state index contributed by atoms with van der Waals surface area (Å²) in [5.74, 6) is 0.0974. The lowest BCUT2D eigenvalue weighted by molar-refractivity contribution is 0.476. The molecule has 6 nitrogen and oxygen atoms in total. The average molecular weight is 452 g/mol. The van der Waals surface area contributed by atoms with Crippen LogP contribution in [0.4, 0.5) is 0 Å². The zero-order chi connectivity index (χ0) is 21.9.